The van der Waals surface area contributed by atoms with Gasteiger partial charge in [0.05, 0.1) is 25.5 Å². The van der Waals surface area contributed by atoms with Gasteiger partial charge in [-0.15, -0.1) is 0 Å². The van der Waals surface area contributed by atoms with Crippen LogP contribution in [0.2, 0.25) is 0 Å². The molecule has 0 aliphatic carbocycles. The van der Waals surface area contributed by atoms with Crippen molar-refractivity contribution < 1.29 is 19.1 Å². The van der Waals surface area contributed by atoms with Crippen molar-refractivity contribution in [2.45, 2.75) is 5.16 Å². The summed E-state index contributed by atoms with van der Waals surface area (Å²) in [4.78, 5) is 47.5. The molecule has 182 valence electrons. The number of hydrogen-bond donors (Lipinski definition) is 1. The quantitative estimate of drug-likeness (QED) is 0.577. The molecule has 34 heavy (non-hydrogen) atoms. The highest BCUT2D eigenvalue weighted by atomic mass is 32.2. The van der Waals surface area contributed by atoms with Crippen LogP contribution in [0, 0.1) is 0 Å². The lowest BCUT2D eigenvalue weighted by Crippen LogP contribution is -2.52. The van der Waals surface area contributed by atoms with Gasteiger partial charge in [0.25, 0.3) is 5.91 Å². The van der Waals surface area contributed by atoms with Gasteiger partial charge in [0.1, 0.15) is 0 Å². The highest BCUT2D eigenvalue weighted by Crippen LogP contribution is 2.17. The van der Waals surface area contributed by atoms with Gasteiger partial charge in [0.2, 0.25) is 11.8 Å². The highest BCUT2D eigenvalue weighted by Gasteiger charge is 2.25. The molecule has 1 N–H and O–H groups in total. The SMILES string of the molecule is Cn1ccnc1SCC(=O)Nc1ccc(C(=O)N2CCN(CC(=O)N3CCOCC3)CC2)cc1. The summed E-state index contributed by atoms with van der Waals surface area (Å²) >= 11 is 1.37. The first-order chi connectivity index (χ1) is 16.5. The Hall–Kier alpha value is -2.89. The summed E-state index contributed by atoms with van der Waals surface area (Å²) in [5.74, 6) is 0.209. The lowest BCUT2D eigenvalue weighted by molar-refractivity contribution is -0.136. The van der Waals surface area contributed by atoms with Gasteiger partial charge < -0.3 is 24.4 Å². The second kappa shape index (κ2) is 11.5. The monoisotopic (exact) mass is 486 g/mol. The number of carbonyl (C=O) groups is 3. The van der Waals surface area contributed by atoms with E-state index in [-0.39, 0.29) is 23.5 Å². The van der Waals surface area contributed by atoms with E-state index >= 15 is 0 Å². The van der Waals surface area contributed by atoms with E-state index in [2.05, 4.69) is 15.2 Å². The zero-order chi connectivity index (χ0) is 23.9. The topological polar surface area (TPSA) is 100 Å². The minimum Gasteiger partial charge on any atom is -0.378 e. The van der Waals surface area contributed by atoms with Crippen molar-refractivity contribution in [1.82, 2.24) is 24.3 Å². The van der Waals surface area contributed by atoms with Gasteiger partial charge in [0, 0.05) is 70.0 Å². The highest BCUT2D eigenvalue weighted by molar-refractivity contribution is 7.99. The number of nitrogens with zero attached hydrogens (tertiary/aromatic N) is 5. The Morgan fingerprint density at radius 1 is 1.00 bits per heavy atom. The molecule has 0 unspecified atom stereocenters. The Kier molecular flexibility index (Phi) is 8.20. The third kappa shape index (κ3) is 6.37. The van der Waals surface area contributed by atoms with Gasteiger partial charge in [0.15, 0.2) is 5.16 Å². The average Bonchev–Trinajstić information content (AvgIpc) is 3.28. The number of thioether (sulfide) groups is 1. The van der Waals surface area contributed by atoms with Gasteiger partial charge in [-0.25, -0.2) is 4.98 Å². The molecule has 3 heterocycles. The Balaban J connectivity index is 1.21. The predicted octanol–water partition coefficient (Wildman–Crippen LogP) is 0.768. The van der Waals surface area contributed by atoms with Crippen LogP contribution < -0.4 is 5.32 Å². The molecule has 11 heteroatoms. The molecular formula is C23H30N6O4S. The smallest absolute Gasteiger partial charge is 0.253 e. The Labute approximate surface area is 203 Å². The molecule has 1 aromatic heterocycles. The van der Waals surface area contributed by atoms with E-state index in [0.29, 0.717) is 70.3 Å². The van der Waals surface area contributed by atoms with Crippen molar-refractivity contribution in [2.75, 3.05) is 70.1 Å². The van der Waals surface area contributed by atoms with Gasteiger partial charge in [-0.1, -0.05) is 11.8 Å². The molecule has 2 aliphatic rings. The van der Waals surface area contributed by atoms with Gasteiger partial charge in [-0.2, -0.15) is 0 Å². The van der Waals surface area contributed by atoms with E-state index in [4.69, 9.17) is 4.74 Å². The number of amides is 3. The predicted molar refractivity (Wildman–Crippen MR) is 129 cm³/mol. The molecule has 3 amide bonds. The maximum Gasteiger partial charge on any atom is 0.253 e. The summed E-state index contributed by atoms with van der Waals surface area (Å²) in [7, 11) is 1.88. The summed E-state index contributed by atoms with van der Waals surface area (Å²) in [6.07, 6.45) is 3.53. The molecule has 0 radical (unpaired) electrons. The molecule has 2 aromatic rings. The molecular weight excluding hydrogens is 456 g/mol. The van der Waals surface area contributed by atoms with E-state index in [9.17, 15) is 14.4 Å². The summed E-state index contributed by atoms with van der Waals surface area (Å²) in [6, 6.07) is 6.96. The fraction of sp³-hybridized carbons (Fsp3) is 0.478. The first kappa shape index (κ1) is 24.2. The van der Waals surface area contributed by atoms with E-state index in [1.54, 1.807) is 30.5 Å². The third-order valence-electron chi connectivity index (χ3n) is 5.91. The number of rotatable bonds is 7. The number of ether oxygens (including phenoxy) is 1. The molecule has 0 bridgehead atoms. The van der Waals surface area contributed by atoms with Crippen molar-refractivity contribution in [1.29, 1.82) is 0 Å². The lowest BCUT2D eigenvalue weighted by atomic mass is 10.1. The maximum atomic E-state index is 12.9. The number of imidazole rings is 1. The summed E-state index contributed by atoms with van der Waals surface area (Å²) in [5.41, 5.74) is 1.23. The lowest BCUT2D eigenvalue weighted by Gasteiger charge is -2.36. The molecule has 0 spiro atoms. The van der Waals surface area contributed by atoms with E-state index in [1.165, 1.54) is 11.8 Å². The largest absolute Gasteiger partial charge is 0.378 e. The molecule has 1 aromatic carbocycles. The summed E-state index contributed by atoms with van der Waals surface area (Å²) in [5, 5.41) is 3.63. The molecule has 0 saturated carbocycles. The second-order valence-electron chi connectivity index (χ2n) is 8.30. The van der Waals surface area contributed by atoms with Crippen LogP contribution in [0.5, 0.6) is 0 Å². The fourth-order valence-corrected chi connectivity index (χ4v) is 4.64. The number of hydrogen-bond acceptors (Lipinski definition) is 7. The van der Waals surface area contributed by atoms with Crippen LogP contribution in [0.25, 0.3) is 0 Å². The van der Waals surface area contributed by atoms with Crippen molar-refractivity contribution in [3.8, 4) is 0 Å². The number of benzene rings is 1. The number of aromatic nitrogens is 2. The first-order valence-electron chi connectivity index (χ1n) is 11.4. The summed E-state index contributed by atoms with van der Waals surface area (Å²) in [6.45, 7) is 5.38. The van der Waals surface area contributed by atoms with Gasteiger partial charge in [-0.05, 0) is 24.3 Å². The third-order valence-corrected chi connectivity index (χ3v) is 6.97. The number of nitrogens with one attached hydrogen (secondary N) is 1. The van der Waals surface area contributed by atoms with E-state index in [0.717, 1.165) is 5.16 Å². The molecule has 2 fully saturated rings. The molecule has 10 nitrogen and oxygen atoms in total. The van der Waals surface area contributed by atoms with Crippen LogP contribution in [0.15, 0.2) is 41.8 Å². The minimum atomic E-state index is -0.130. The molecule has 2 saturated heterocycles. The number of aryl methyl sites for hydroxylation is 1. The number of anilines is 1. The van der Waals surface area contributed by atoms with Crippen LogP contribution in [-0.4, -0.2) is 107 Å². The minimum absolute atomic E-state index is 0.0395. The van der Waals surface area contributed by atoms with Crippen molar-refractivity contribution in [2.24, 2.45) is 7.05 Å². The zero-order valence-corrected chi connectivity index (χ0v) is 20.1. The van der Waals surface area contributed by atoms with Crippen molar-refractivity contribution in [3.63, 3.8) is 0 Å². The average molecular weight is 487 g/mol. The molecule has 2 aliphatic heterocycles. The number of piperazine rings is 1. The van der Waals surface area contributed by atoms with Crippen LogP contribution in [0.1, 0.15) is 10.4 Å². The maximum absolute atomic E-state index is 12.9. The van der Waals surface area contributed by atoms with Crippen molar-refractivity contribution >= 4 is 35.2 Å². The van der Waals surface area contributed by atoms with Crippen LogP contribution in [0.4, 0.5) is 5.69 Å². The zero-order valence-electron chi connectivity index (χ0n) is 19.3. The Bertz CT molecular complexity index is 997. The number of carbonyl (C=O) groups excluding carboxylic acids is 3. The van der Waals surface area contributed by atoms with Crippen LogP contribution in [-0.2, 0) is 21.4 Å². The Morgan fingerprint density at radius 3 is 2.35 bits per heavy atom. The van der Waals surface area contributed by atoms with E-state index < -0.39 is 0 Å². The standard InChI is InChI=1S/C23H30N6O4S/c1-26-7-6-24-23(26)34-17-20(30)25-19-4-2-18(3-5-19)22(32)29-10-8-27(9-11-29)16-21(31)28-12-14-33-15-13-28/h2-7H,8-17H2,1H3,(H,25,30). The summed E-state index contributed by atoms with van der Waals surface area (Å²) < 4.78 is 7.16. The number of morpholine rings is 1. The normalized spacial score (nSPS) is 17.0. The molecule has 0 atom stereocenters. The first-order valence-corrected chi connectivity index (χ1v) is 12.4. The van der Waals surface area contributed by atoms with Crippen LogP contribution >= 0.6 is 11.8 Å². The second-order valence-corrected chi connectivity index (χ2v) is 9.24. The van der Waals surface area contributed by atoms with E-state index in [1.807, 2.05) is 27.6 Å². The van der Waals surface area contributed by atoms with Gasteiger partial charge >= 0.3 is 0 Å². The molecule has 4 rings (SSSR count). The van der Waals surface area contributed by atoms with Crippen molar-refractivity contribution in [3.05, 3.63) is 42.2 Å². The Morgan fingerprint density at radius 2 is 1.71 bits per heavy atom. The van der Waals surface area contributed by atoms with Gasteiger partial charge in [-0.3, -0.25) is 19.3 Å². The van der Waals surface area contributed by atoms with Crippen LogP contribution in [0.3, 0.4) is 0 Å². The fourth-order valence-electron chi connectivity index (χ4n) is 3.91.